The molecule has 12 heteroatoms. The molecule has 39 heavy (non-hydrogen) atoms. The van der Waals surface area contributed by atoms with Crippen LogP contribution < -0.4 is 16.0 Å². The van der Waals surface area contributed by atoms with E-state index in [1.165, 1.54) is 11.8 Å². The van der Waals surface area contributed by atoms with Gasteiger partial charge in [-0.15, -0.1) is 0 Å². The molecule has 3 aliphatic rings. The summed E-state index contributed by atoms with van der Waals surface area (Å²) in [6.45, 7) is 2.10. The van der Waals surface area contributed by atoms with Crippen LogP contribution in [0.4, 0.5) is 4.39 Å². The van der Waals surface area contributed by atoms with Crippen molar-refractivity contribution in [1.82, 2.24) is 20.9 Å². The van der Waals surface area contributed by atoms with Gasteiger partial charge in [0, 0.05) is 32.2 Å². The predicted molar refractivity (Wildman–Crippen MR) is 141 cm³/mol. The smallest absolute Gasteiger partial charge is 0.250 e. The van der Waals surface area contributed by atoms with E-state index in [1.54, 1.807) is 30.3 Å². The molecule has 2 heterocycles. The number of fused-ring (bicyclic) bond motifs is 1. The Labute approximate surface area is 227 Å². The molecule has 1 aromatic carbocycles. The van der Waals surface area contributed by atoms with Crippen LogP contribution in [0.3, 0.4) is 0 Å². The van der Waals surface area contributed by atoms with Gasteiger partial charge in [0.25, 0.3) is 5.91 Å². The molecule has 0 unspecified atom stereocenters. The topological polar surface area (TPSA) is 142 Å². The van der Waals surface area contributed by atoms with Gasteiger partial charge in [0.15, 0.2) is 0 Å². The van der Waals surface area contributed by atoms with E-state index in [4.69, 9.17) is 0 Å². The first-order valence-corrected chi connectivity index (χ1v) is 15.1. The third-order valence-electron chi connectivity index (χ3n) is 7.88. The number of carbonyl (C=O) groups is 4. The van der Waals surface area contributed by atoms with Crippen LogP contribution in [0, 0.1) is 17.8 Å². The largest absolute Gasteiger partial charge is 0.356 e. The van der Waals surface area contributed by atoms with E-state index in [-0.39, 0.29) is 24.2 Å². The Morgan fingerprint density at radius 1 is 1.15 bits per heavy atom. The molecule has 4 rings (SSSR count). The fourth-order valence-electron chi connectivity index (χ4n) is 6.07. The van der Waals surface area contributed by atoms with Crippen molar-refractivity contribution in [2.24, 2.45) is 17.8 Å². The summed E-state index contributed by atoms with van der Waals surface area (Å²) < 4.78 is 38.1. The lowest BCUT2D eigenvalue weighted by Crippen LogP contribution is -2.53. The van der Waals surface area contributed by atoms with Crippen molar-refractivity contribution in [1.29, 1.82) is 0 Å². The van der Waals surface area contributed by atoms with Gasteiger partial charge in [-0.3, -0.25) is 19.2 Å². The number of carbonyl (C=O) groups excluding carboxylic acids is 4. The molecule has 2 saturated heterocycles. The summed E-state index contributed by atoms with van der Waals surface area (Å²) in [6.07, 6.45) is 4.54. The second-order valence-electron chi connectivity index (χ2n) is 10.7. The van der Waals surface area contributed by atoms with E-state index in [0.717, 1.165) is 31.6 Å². The monoisotopic (exact) mass is 562 g/mol. The second kappa shape index (κ2) is 11.8. The minimum Gasteiger partial charge on any atom is -0.356 e. The van der Waals surface area contributed by atoms with E-state index in [2.05, 4.69) is 16.0 Å². The Morgan fingerprint density at radius 3 is 2.49 bits per heavy atom. The van der Waals surface area contributed by atoms with Crippen molar-refractivity contribution in [3.8, 4) is 0 Å². The van der Waals surface area contributed by atoms with Crippen LogP contribution in [-0.4, -0.2) is 68.4 Å². The average molecular weight is 563 g/mol. The molecule has 1 aliphatic carbocycles. The highest BCUT2D eigenvalue weighted by atomic mass is 32.2. The van der Waals surface area contributed by atoms with E-state index >= 15 is 0 Å². The molecular weight excluding hydrogens is 527 g/mol. The Balaban J connectivity index is 1.62. The lowest BCUT2D eigenvalue weighted by molar-refractivity contribution is -0.142. The minimum atomic E-state index is -4.15. The third-order valence-corrected chi connectivity index (χ3v) is 8.73. The molecule has 4 amide bonds. The number of nitrogens with one attached hydrogen (secondary N) is 3. The summed E-state index contributed by atoms with van der Waals surface area (Å²) in [5.41, 5.74) is 0.581. The summed E-state index contributed by atoms with van der Waals surface area (Å²) in [5, 5.41) is 6.75. The molecule has 2 aliphatic heterocycles. The van der Waals surface area contributed by atoms with Gasteiger partial charge >= 0.3 is 0 Å². The van der Waals surface area contributed by atoms with Crippen molar-refractivity contribution in [3.63, 3.8) is 0 Å². The lowest BCUT2D eigenvalue weighted by atomic mass is 9.92. The average Bonchev–Trinajstić information content (AvgIpc) is 3.58. The van der Waals surface area contributed by atoms with Crippen LogP contribution in [0.1, 0.15) is 50.6 Å². The van der Waals surface area contributed by atoms with Gasteiger partial charge in [0.2, 0.25) is 32.7 Å². The maximum Gasteiger partial charge on any atom is 0.250 e. The van der Waals surface area contributed by atoms with Crippen LogP contribution in [0.25, 0.3) is 0 Å². The van der Waals surface area contributed by atoms with Crippen LogP contribution in [0.15, 0.2) is 41.6 Å². The first kappa shape index (κ1) is 28.7. The number of amides is 4. The fraction of sp³-hybridized carbons (Fsp3) is 0.556. The molecule has 10 nitrogen and oxygen atoms in total. The van der Waals surface area contributed by atoms with Crippen LogP contribution in [-0.2, 0) is 29.0 Å². The number of hydrogen-bond donors (Lipinski definition) is 3. The molecule has 212 valence electrons. The molecule has 0 radical (unpaired) electrons. The van der Waals surface area contributed by atoms with Crippen LogP contribution >= 0.6 is 0 Å². The highest BCUT2D eigenvalue weighted by Gasteiger charge is 2.51. The molecular formula is C27H35FN4O6S. The van der Waals surface area contributed by atoms with Gasteiger partial charge in [-0.2, -0.15) is 4.39 Å². The maximum absolute atomic E-state index is 14.5. The van der Waals surface area contributed by atoms with Gasteiger partial charge in [-0.1, -0.05) is 36.8 Å². The van der Waals surface area contributed by atoms with Gasteiger partial charge in [0.05, 0.1) is 6.04 Å². The molecule has 0 bridgehead atoms. The van der Waals surface area contributed by atoms with E-state index in [1.807, 2.05) is 0 Å². The van der Waals surface area contributed by atoms with E-state index in [9.17, 15) is 32.0 Å². The minimum absolute atomic E-state index is 0.0216. The van der Waals surface area contributed by atoms with Crippen LogP contribution in [0.2, 0.25) is 0 Å². The fourth-order valence-corrected chi connectivity index (χ4v) is 6.48. The lowest BCUT2D eigenvalue weighted by Gasteiger charge is -2.32. The summed E-state index contributed by atoms with van der Waals surface area (Å²) in [7, 11) is -4.15. The molecule has 3 fully saturated rings. The molecule has 0 spiro atoms. The number of nitrogens with zero attached hydrogens (tertiary/aromatic N) is 1. The summed E-state index contributed by atoms with van der Waals surface area (Å²) in [4.78, 5) is 53.3. The van der Waals surface area contributed by atoms with Crippen molar-refractivity contribution < 1.29 is 32.0 Å². The zero-order chi connectivity index (χ0) is 28.3. The standard InChI is InChI=1S/C27H35FN4O6S/c1-16(33)30-23(17-7-4-3-5-8-17)27(36)32-15-19-9-6-10-21(19)24(32)26(35)31-20(14-22(28)39(2,37)38)13-18-11-12-29-25(18)34/h3-5,7-8,14,18-21,23-24H,6,9-13,15H2,1-2H3,(H,29,34)(H,30,33)(H,31,35)/b22-14+/t18-,19-,20-,21-,23-,24-/m0/s1. The van der Waals surface area contributed by atoms with Gasteiger partial charge in [-0.05, 0) is 49.2 Å². The number of hydrogen-bond acceptors (Lipinski definition) is 6. The maximum atomic E-state index is 14.5. The Bertz CT molecular complexity index is 1250. The molecule has 6 atom stereocenters. The first-order valence-electron chi connectivity index (χ1n) is 13.2. The first-order chi connectivity index (χ1) is 18.5. The Hall–Kier alpha value is -3.28. The molecule has 1 aromatic rings. The van der Waals surface area contributed by atoms with E-state index < -0.39 is 56.8 Å². The second-order valence-corrected chi connectivity index (χ2v) is 12.6. The number of benzene rings is 1. The van der Waals surface area contributed by atoms with Gasteiger partial charge < -0.3 is 20.9 Å². The molecule has 1 saturated carbocycles. The van der Waals surface area contributed by atoms with Crippen molar-refractivity contribution in [2.45, 2.75) is 57.2 Å². The number of halogens is 1. The normalized spacial score (nSPS) is 26.5. The quantitative estimate of drug-likeness (QED) is 0.415. The summed E-state index contributed by atoms with van der Waals surface area (Å²) >= 11 is 0. The Morgan fingerprint density at radius 2 is 1.87 bits per heavy atom. The number of sulfone groups is 1. The van der Waals surface area contributed by atoms with Crippen molar-refractivity contribution >= 4 is 33.5 Å². The summed E-state index contributed by atoms with van der Waals surface area (Å²) in [6, 6.07) is 5.83. The highest BCUT2D eigenvalue weighted by Crippen LogP contribution is 2.43. The SMILES string of the molecule is CC(=O)N[C@H](C(=O)N1C[C@@H]2CCC[C@@H]2[C@H]1C(=O)N[C@H](/C=C(\F)S(C)(=O)=O)C[C@@H]1CCNC1=O)c1ccccc1. The number of likely N-dealkylation sites (tertiary alicyclic amines) is 1. The van der Waals surface area contributed by atoms with Gasteiger partial charge in [0.1, 0.15) is 12.1 Å². The van der Waals surface area contributed by atoms with Crippen molar-refractivity contribution in [3.05, 3.63) is 47.1 Å². The Kier molecular flexibility index (Phi) is 8.73. The van der Waals surface area contributed by atoms with Crippen LogP contribution in [0.5, 0.6) is 0 Å². The predicted octanol–water partition coefficient (Wildman–Crippen LogP) is 1.36. The number of rotatable bonds is 9. The van der Waals surface area contributed by atoms with Gasteiger partial charge in [-0.25, -0.2) is 8.42 Å². The third kappa shape index (κ3) is 6.66. The van der Waals surface area contributed by atoms with Crippen molar-refractivity contribution in [2.75, 3.05) is 19.3 Å². The van der Waals surface area contributed by atoms with E-state index in [0.29, 0.717) is 25.1 Å². The zero-order valence-corrected chi connectivity index (χ0v) is 22.9. The summed E-state index contributed by atoms with van der Waals surface area (Å²) in [5.74, 6) is -2.13. The molecule has 0 aromatic heterocycles. The highest BCUT2D eigenvalue weighted by molar-refractivity contribution is 7.94. The zero-order valence-electron chi connectivity index (χ0n) is 22.1. The molecule has 3 N–H and O–H groups in total.